The number of halogens is 3. The third kappa shape index (κ3) is 5.30. The number of fused-ring (bicyclic) bond motifs is 1. The highest BCUT2D eigenvalue weighted by atomic mass is 19.4. The third-order valence-electron chi connectivity index (χ3n) is 6.34. The van der Waals surface area contributed by atoms with Gasteiger partial charge in [0, 0.05) is 24.0 Å². The van der Waals surface area contributed by atoms with E-state index in [0.717, 1.165) is 6.42 Å². The fourth-order valence-electron chi connectivity index (χ4n) is 4.40. The Hall–Kier alpha value is -4.00. The lowest BCUT2D eigenvalue weighted by molar-refractivity contribution is -0.274. The first-order valence-electron chi connectivity index (χ1n) is 11.5. The van der Waals surface area contributed by atoms with Gasteiger partial charge in [-0.3, -0.25) is 9.59 Å². The Balaban J connectivity index is 1.64. The Morgan fingerprint density at radius 3 is 2.58 bits per heavy atom. The molecule has 188 valence electrons. The van der Waals surface area contributed by atoms with Gasteiger partial charge in [-0.2, -0.15) is 5.26 Å². The maximum Gasteiger partial charge on any atom is 0.573 e. The van der Waals surface area contributed by atoms with Crippen LogP contribution in [0.5, 0.6) is 5.75 Å². The molecule has 4 rings (SSSR count). The van der Waals surface area contributed by atoms with E-state index in [1.54, 1.807) is 41.8 Å². The minimum atomic E-state index is -4.83. The maximum atomic E-state index is 13.3. The molecular weight excluding hydrogens is 475 g/mol. The van der Waals surface area contributed by atoms with Crippen LogP contribution < -0.4 is 10.1 Å². The van der Waals surface area contributed by atoms with Gasteiger partial charge >= 0.3 is 12.3 Å². The summed E-state index contributed by atoms with van der Waals surface area (Å²) < 4.78 is 48.9. The van der Waals surface area contributed by atoms with Crippen LogP contribution >= 0.6 is 0 Å². The van der Waals surface area contributed by atoms with E-state index in [1.165, 1.54) is 18.2 Å². The van der Waals surface area contributed by atoms with Gasteiger partial charge in [0.15, 0.2) is 0 Å². The highest BCUT2D eigenvalue weighted by Crippen LogP contribution is 2.41. The number of alkyl halides is 3. The second-order valence-electron chi connectivity index (χ2n) is 8.73. The van der Waals surface area contributed by atoms with Crippen LogP contribution in [-0.2, 0) is 16.1 Å². The molecule has 1 fully saturated rings. The van der Waals surface area contributed by atoms with Gasteiger partial charge < -0.3 is 19.4 Å². The van der Waals surface area contributed by atoms with E-state index >= 15 is 0 Å². The lowest BCUT2D eigenvalue weighted by atomic mass is 9.68. The van der Waals surface area contributed by atoms with Crippen molar-refractivity contribution in [1.82, 2.24) is 9.88 Å². The highest BCUT2D eigenvalue weighted by Gasteiger charge is 2.45. The fourth-order valence-corrected chi connectivity index (χ4v) is 4.40. The number of aromatic nitrogens is 1. The normalized spacial score (nSPS) is 14.5. The number of ether oxygens (including phenoxy) is 2. The molecule has 0 bridgehead atoms. The average Bonchev–Trinajstić information content (AvgIpc) is 3.15. The molecular formula is C26H24F3N3O4. The summed E-state index contributed by atoms with van der Waals surface area (Å²) in [7, 11) is 0. The van der Waals surface area contributed by atoms with Crippen molar-refractivity contribution in [1.29, 1.82) is 5.26 Å². The molecule has 7 nitrogen and oxygen atoms in total. The molecule has 0 aliphatic heterocycles. The van der Waals surface area contributed by atoms with Gasteiger partial charge in [0.25, 0.3) is 5.91 Å². The standard InChI is InChI=1S/C26H24F3N3O4/c1-2-35-24(34)25(9-4-10-25)16-31-23(33)22-13-19-11-17(14-30)7-8-21(19)32(22)15-18-5-3-6-20(12-18)36-26(27,28)29/h3,5-8,11-13H,2,4,9-10,15-16H2,1H3,(H,31,33). The molecule has 1 aliphatic rings. The summed E-state index contributed by atoms with van der Waals surface area (Å²) in [5.41, 5.74) is 1.02. The molecule has 0 radical (unpaired) electrons. The van der Waals surface area contributed by atoms with Crippen molar-refractivity contribution in [3.63, 3.8) is 0 Å². The minimum absolute atomic E-state index is 0.0796. The number of carbonyl (C=O) groups is 2. The van der Waals surface area contributed by atoms with E-state index in [0.29, 0.717) is 34.9 Å². The van der Waals surface area contributed by atoms with Crippen LogP contribution in [0.15, 0.2) is 48.5 Å². The third-order valence-corrected chi connectivity index (χ3v) is 6.34. The summed E-state index contributed by atoms with van der Waals surface area (Å²) in [6.45, 7) is 2.17. The van der Waals surface area contributed by atoms with Crippen molar-refractivity contribution in [3.05, 3.63) is 65.4 Å². The summed E-state index contributed by atoms with van der Waals surface area (Å²) in [6, 6.07) is 14.1. The van der Waals surface area contributed by atoms with Crippen LogP contribution in [0.1, 0.15) is 47.8 Å². The minimum Gasteiger partial charge on any atom is -0.466 e. The number of nitriles is 1. The Labute approximate surface area is 205 Å². The molecule has 0 saturated heterocycles. The SMILES string of the molecule is CCOC(=O)C1(CNC(=O)c2cc3cc(C#N)ccc3n2Cc2cccc(OC(F)(F)F)c2)CCC1. The molecule has 1 N–H and O–H groups in total. The maximum absolute atomic E-state index is 13.3. The predicted molar refractivity (Wildman–Crippen MR) is 124 cm³/mol. The number of nitrogens with zero attached hydrogens (tertiary/aromatic N) is 2. The second-order valence-corrected chi connectivity index (χ2v) is 8.73. The Morgan fingerprint density at radius 1 is 1.17 bits per heavy atom. The summed E-state index contributed by atoms with van der Waals surface area (Å²) in [6.07, 6.45) is -2.73. The average molecular weight is 499 g/mol. The van der Waals surface area contributed by atoms with Crippen molar-refractivity contribution in [2.45, 2.75) is 39.1 Å². The summed E-state index contributed by atoms with van der Waals surface area (Å²) in [4.78, 5) is 25.7. The molecule has 1 saturated carbocycles. The van der Waals surface area contributed by atoms with E-state index in [4.69, 9.17) is 4.74 Å². The molecule has 3 aromatic rings. The molecule has 0 unspecified atom stereocenters. The Morgan fingerprint density at radius 2 is 1.94 bits per heavy atom. The van der Waals surface area contributed by atoms with Crippen molar-refractivity contribution in [3.8, 4) is 11.8 Å². The van der Waals surface area contributed by atoms with Gasteiger partial charge in [-0.25, -0.2) is 0 Å². The van der Waals surface area contributed by atoms with E-state index in [2.05, 4.69) is 16.1 Å². The lowest BCUT2D eigenvalue weighted by Gasteiger charge is -2.39. The number of hydrogen-bond acceptors (Lipinski definition) is 5. The fraction of sp³-hybridized carbons (Fsp3) is 0.346. The lowest BCUT2D eigenvalue weighted by Crippen LogP contribution is -2.48. The van der Waals surface area contributed by atoms with Crippen molar-refractivity contribution in [2.24, 2.45) is 5.41 Å². The molecule has 1 aliphatic carbocycles. The van der Waals surface area contributed by atoms with E-state index in [-0.39, 0.29) is 37.1 Å². The highest BCUT2D eigenvalue weighted by molar-refractivity contribution is 5.99. The zero-order valence-electron chi connectivity index (χ0n) is 19.5. The van der Waals surface area contributed by atoms with Crippen molar-refractivity contribution < 1.29 is 32.2 Å². The first-order chi connectivity index (χ1) is 17.1. The molecule has 10 heteroatoms. The van der Waals surface area contributed by atoms with E-state index in [1.807, 2.05) is 0 Å². The van der Waals surface area contributed by atoms with E-state index < -0.39 is 17.7 Å². The van der Waals surface area contributed by atoms with Crippen LogP contribution in [0.3, 0.4) is 0 Å². The van der Waals surface area contributed by atoms with Gasteiger partial charge in [-0.1, -0.05) is 18.6 Å². The molecule has 1 aromatic heterocycles. The topological polar surface area (TPSA) is 93.4 Å². The smallest absolute Gasteiger partial charge is 0.466 e. The summed E-state index contributed by atoms with van der Waals surface area (Å²) in [5.74, 6) is -1.14. The van der Waals surface area contributed by atoms with Crippen LogP contribution in [0, 0.1) is 16.7 Å². The van der Waals surface area contributed by atoms with Crippen LogP contribution in [0.4, 0.5) is 13.2 Å². The molecule has 0 atom stereocenters. The Kier molecular flexibility index (Phi) is 6.93. The second kappa shape index (κ2) is 9.93. The van der Waals surface area contributed by atoms with Gasteiger partial charge in [-0.05, 0) is 61.7 Å². The van der Waals surface area contributed by atoms with Crippen LogP contribution in [-0.4, -0.2) is 36.0 Å². The number of rotatable bonds is 8. The number of carbonyl (C=O) groups excluding carboxylic acids is 2. The number of nitrogens with one attached hydrogen (secondary N) is 1. The molecule has 1 heterocycles. The number of benzene rings is 2. The van der Waals surface area contributed by atoms with Gasteiger partial charge in [0.2, 0.25) is 0 Å². The molecule has 2 aromatic carbocycles. The summed E-state index contributed by atoms with van der Waals surface area (Å²) >= 11 is 0. The number of esters is 1. The van der Waals surface area contributed by atoms with Crippen LogP contribution in [0.2, 0.25) is 0 Å². The molecule has 1 amide bonds. The first-order valence-corrected chi connectivity index (χ1v) is 11.5. The van der Waals surface area contributed by atoms with Gasteiger partial charge in [-0.15, -0.1) is 13.2 Å². The molecule has 36 heavy (non-hydrogen) atoms. The zero-order chi connectivity index (χ0) is 25.9. The quantitative estimate of drug-likeness (QED) is 0.444. The van der Waals surface area contributed by atoms with Crippen molar-refractivity contribution in [2.75, 3.05) is 13.2 Å². The predicted octanol–water partition coefficient (Wildman–Crippen LogP) is 4.92. The first kappa shape index (κ1) is 25.1. The van der Waals surface area contributed by atoms with Gasteiger partial charge in [0.1, 0.15) is 11.4 Å². The van der Waals surface area contributed by atoms with Crippen LogP contribution in [0.25, 0.3) is 10.9 Å². The van der Waals surface area contributed by atoms with E-state index in [9.17, 15) is 28.0 Å². The monoisotopic (exact) mass is 499 g/mol. The van der Waals surface area contributed by atoms with Gasteiger partial charge in [0.05, 0.1) is 23.7 Å². The summed E-state index contributed by atoms with van der Waals surface area (Å²) in [5, 5.41) is 12.7. The Bertz CT molecular complexity index is 1340. The number of hydrogen-bond donors (Lipinski definition) is 1. The number of amides is 1. The molecule has 0 spiro atoms. The largest absolute Gasteiger partial charge is 0.573 e. The zero-order valence-corrected chi connectivity index (χ0v) is 19.5. The van der Waals surface area contributed by atoms with Crippen molar-refractivity contribution >= 4 is 22.8 Å².